The zero-order valence-corrected chi connectivity index (χ0v) is 19.2. The second-order valence-corrected chi connectivity index (χ2v) is 8.93. The molecule has 3 aromatic carbocycles. The maximum atomic E-state index is 9.39. The first kappa shape index (κ1) is 22.1. The summed E-state index contributed by atoms with van der Waals surface area (Å²) in [6.45, 7) is 5.90. The fourth-order valence-electron chi connectivity index (χ4n) is 3.92. The summed E-state index contributed by atoms with van der Waals surface area (Å²) < 4.78 is 0. The van der Waals surface area contributed by atoms with E-state index in [9.17, 15) is 10.5 Å². The molecular weight excluding hydrogens is 422 g/mol. The van der Waals surface area contributed by atoms with Crippen molar-refractivity contribution < 1.29 is 0 Å². The monoisotopic (exact) mass is 445 g/mol. The van der Waals surface area contributed by atoms with Gasteiger partial charge in [0, 0.05) is 32.7 Å². The molecule has 0 bridgehead atoms. The first-order valence-corrected chi connectivity index (χ1v) is 11.5. The van der Waals surface area contributed by atoms with E-state index in [1.165, 1.54) is 0 Å². The van der Waals surface area contributed by atoms with Gasteiger partial charge in [0.25, 0.3) is 0 Å². The molecule has 1 unspecified atom stereocenters. The van der Waals surface area contributed by atoms with Crippen LogP contribution in [0.5, 0.6) is 0 Å². The fraction of sp³-hybridized carbons (Fsp3) is 0.103. The van der Waals surface area contributed by atoms with Gasteiger partial charge < -0.3 is 4.90 Å². The van der Waals surface area contributed by atoms with Crippen molar-refractivity contribution in [1.82, 2.24) is 0 Å². The van der Waals surface area contributed by atoms with E-state index in [1.807, 2.05) is 49.4 Å². The Morgan fingerprint density at radius 3 is 1.76 bits per heavy atom. The molecule has 0 saturated carbocycles. The summed E-state index contributed by atoms with van der Waals surface area (Å²) in [6.07, 6.45) is 0. The summed E-state index contributed by atoms with van der Waals surface area (Å²) in [7, 11) is 0. The van der Waals surface area contributed by atoms with Gasteiger partial charge in [0.05, 0.1) is 12.1 Å². The van der Waals surface area contributed by atoms with Gasteiger partial charge in [-0.1, -0.05) is 60.7 Å². The van der Waals surface area contributed by atoms with Crippen LogP contribution >= 0.6 is 11.3 Å². The number of rotatable bonds is 7. The minimum atomic E-state index is -0.735. The number of nitriles is 2. The first-order chi connectivity index (χ1) is 16.1. The minimum Gasteiger partial charge on any atom is -0.311 e. The molecule has 1 heterocycles. The molecule has 4 aromatic rings. The van der Waals surface area contributed by atoms with Crippen molar-refractivity contribution in [3.05, 3.63) is 114 Å². The lowest BCUT2D eigenvalue weighted by molar-refractivity contribution is 0.709. The van der Waals surface area contributed by atoms with Crippen molar-refractivity contribution in [1.29, 1.82) is 10.5 Å². The standard InChI is InChI=1S/C29H23N3S/c1-21(2)29(23(19-30)20-31)28-18-17-27(33-28)22-13-15-26(16-14-22)32(24-9-5-3-6-10-24)25-11-7-4-8-12-25/h3-18,23,29H,1H2,2H3. The number of nitrogens with zero attached hydrogens (tertiary/aromatic N) is 3. The molecule has 0 aliphatic heterocycles. The van der Waals surface area contributed by atoms with E-state index in [4.69, 9.17) is 0 Å². The maximum Gasteiger partial charge on any atom is 0.144 e. The van der Waals surface area contributed by atoms with E-state index >= 15 is 0 Å². The zero-order valence-electron chi connectivity index (χ0n) is 18.3. The molecular formula is C29H23N3S. The smallest absolute Gasteiger partial charge is 0.144 e. The molecule has 0 radical (unpaired) electrons. The highest BCUT2D eigenvalue weighted by atomic mass is 32.1. The van der Waals surface area contributed by atoms with Crippen LogP contribution in [0.3, 0.4) is 0 Å². The second kappa shape index (κ2) is 10.0. The molecule has 0 aliphatic carbocycles. The van der Waals surface area contributed by atoms with E-state index in [1.54, 1.807) is 11.3 Å². The third-order valence-corrected chi connectivity index (χ3v) is 6.73. The highest BCUT2D eigenvalue weighted by molar-refractivity contribution is 7.15. The van der Waals surface area contributed by atoms with E-state index in [0.29, 0.717) is 0 Å². The minimum absolute atomic E-state index is 0.273. The Bertz CT molecular complexity index is 1260. The van der Waals surface area contributed by atoms with Gasteiger partial charge in [0.1, 0.15) is 5.92 Å². The number of thiophene rings is 1. The predicted molar refractivity (Wildman–Crippen MR) is 137 cm³/mol. The molecule has 0 spiro atoms. The van der Waals surface area contributed by atoms with Gasteiger partial charge in [0.15, 0.2) is 0 Å². The summed E-state index contributed by atoms with van der Waals surface area (Å²) in [6, 6.07) is 37.4. The SMILES string of the molecule is C=C(C)C(c1ccc(-c2ccc(N(c3ccccc3)c3ccccc3)cc2)s1)C(C#N)C#N. The Kier molecular flexibility index (Phi) is 6.69. The van der Waals surface area contributed by atoms with Crippen LogP contribution in [-0.2, 0) is 0 Å². The van der Waals surface area contributed by atoms with Crippen LogP contribution in [0, 0.1) is 28.6 Å². The molecule has 0 amide bonds. The van der Waals surface area contributed by atoms with Gasteiger partial charge in [-0.05, 0) is 61.0 Å². The van der Waals surface area contributed by atoms with E-state index < -0.39 is 5.92 Å². The lowest BCUT2D eigenvalue weighted by Gasteiger charge is -2.25. The molecule has 160 valence electrons. The largest absolute Gasteiger partial charge is 0.311 e. The molecule has 1 aromatic heterocycles. The quantitative estimate of drug-likeness (QED) is 0.269. The summed E-state index contributed by atoms with van der Waals surface area (Å²) in [5, 5.41) is 18.8. The summed E-state index contributed by atoms with van der Waals surface area (Å²) in [5.41, 5.74) is 5.19. The lowest BCUT2D eigenvalue weighted by Crippen LogP contribution is -2.09. The number of allylic oxidation sites excluding steroid dienone is 1. The molecule has 4 rings (SSSR count). The van der Waals surface area contributed by atoms with E-state index in [0.717, 1.165) is 38.0 Å². The molecule has 4 heteroatoms. The number of benzene rings is 3. The maximum absolute atomic E-state index is 9.39. The fourth-order valence-corrected chi connectivity index (χ4v) is 5.17. The highest BCUT2D eigenvalue weighted by Crippen LogP contribution is 2.40. The van der Waals surface area contributed by atoms with Crippen LogP contribution in [0.25, 0.3) is 10.4 Å². The topological polar surface area (TPSA) is 50.8 Å². The second-order valence-electron chi connectivity index (χ2n) is 7.82. The van der Waals surface area contributed by atoms with Gasteiger partial charge in [-0.25, -0.2) is 0 Å². The molecule has 0 N–H and O–H groups in total. The van der Waals surface area contributed by atoms with Crippen LogP contribution in [0.15, 0.2) is 109 Å². The van der Waals surface area contributed by atoms with Crippen molar-refractivity contribution in [2.24, 2.45) is 5.92 Å². The summed E-state index contributed by atoms with van der Waals surface area (Å²) >= 11 is 1.61. The van der Waals surface area contributed by atoms with Crippen molar-refractivity contribution in [2.45, 2.75) is 12.8 Å². The molecule has 1 atom stereocenters. The summed E-state index contributed by atoms with van der Waals surface area (Å²) in [5.74, 6) is -1.01. The van der Waals surface area contributed by atoms with Crippen LogP contribution in [-0.4, -0.2) is 0 Å². The van der Waals surface area contributed by atoms with E-state index in [-0.39, 0.29) is 5.92 Å². The van der Waals surface area contributed by atoms with Crippen LogP contribution in [0.2, 0.25) is 0 Å². The Morgan fingerprint density at radius 1 is 0.758 bits per heavy atom. The third kappa shape index (κ3) is 4.72. The van der Waals surface area contributed by atoms with Gasteiger partial charge in [-0.3, -0.25) is 0 Å². The Balaban J connectivity index is 1.67. The molecule has 0 aliphatic rings. The van der Waals surface area contributed by atoms with Crippen molar-refractivity contribution in [2.75, 3.05) is 4.90 Å². The normalized spacial score (nSPS) is 11.4. The molecule has 0 saturated heterocycles. The third-order valence-electron chi connectivity index (χ3n) is 5.51. The lowest BCUT2D eigenvalue weighted by atomic mass is 9.88. The number of hydrogen-bond donors (Lipinski definition) is 0. The average molecular weight is 446 g/mol. The molecule has 0 fully saturated rings. The van der Waals surface area contributed by atoms with Crippen molar-refractivity contribution >= 4 is 28.4 Å². The van der Waals surface area contributed by atoms with Gasteiger partial charge in [0.2, 0.25) is 0 Å². The van der Waals surface area contributed by atoms with Gasteiger partial charge in [-0.2, -0.15) is 10.5 Å². The summed E-state index contributed by atoms with van der Waals surface area (Å²) in [4.78, 5) is 4.32. The number of hydrogen-bond acceptors (Lipinski definition) is 4. The first-order valence-electron chi connectivity index (χ1n) is 10.7. The molecule has 3 nitrogen and oxygen atoms in total. The highest BCUT2D eigenvalue weighted by Gasteiger charge is 2.25. The van der Waals surface area contributed by atoms with Crippen LogP contribution in [0.1, 0.15) is 17.7 Å². The van der Waals surface area contributed by atoms with Crippen LogP contribution in [0.4, 0.5) is 17.1 Å². The Hall–Kier alpha value is -4.12. The zero-order chi connectivity index (χ0) is 23.2. The van der Waals surface area contributed by atoms with Gasteiger partial charge in [-0.15, -0.1) is 11.3 Å². The van der Waals surface area contributed by atoms with Crippen molar-refractivity contribution in [3.8, 4) is 22.6 Å². The Labute approximate surface area is 199 Å². The Morgan fingerprint density at radius 2 is 1.27 bits per heavy atom. The average Bonchev–Trinajstić information content (AvgIpc) is 3.33. The number of para-hydroxylation sites is 2. The van der Waals surface area contributed by atoms with E-state index in [2.05, 4.69) is 78.2 Å². The number of anilines is 3. The predicted octanol–water partition coefficient (Wildman–Crippen LogP) is 8.21. The molecule has 33 heavy (non-hydrogen) atoms. The van der Waals surface area contributed by atoms with Crippen molar-refractivity contribution in [3.63, 3.8) is 0 Å². The van der Waals surface area contributed by atoms with Gasteiger partial charge >= 0.3 is 0 Å². The van der Waals surface area contributed by atoms with Crippen LogP contribution < -0.4 is 4.90 Å².